The fourth-order valence-corrected chi connectivity index (χ4v) is 4.57. The van der Waals surface area contributed by atoms with E-state index in [1.165, 1.54) is 14.0 Å². The fraction of sp³-hybridized carbons (Fsp3) is 0.194. The van der Waals surface area contributed by atoms with E-state index in [1.54, 1.807) is 6.20 Å². The van der Waals surface area contributed by atoms with Crippen LogP contribution in [-0.4, -0.2) is 39.0 Å². The van der Waals surface area contributed by atoms with Crippen molar-refractivity contribution in [2.45, 2.75) is 32.4 Å². The lowest BCUT2D eigenvalue weighted by Gasteiger charge is -2.13. The van der Waals surface area contributed by atoms with Crippen LogP contribution < -0.4 is 10.1 Å². The van der Waals surface area contributed by atoms with Crippen molar-refractivity contribution in [1.82, 2.24) is 20.3 Å². The molecular weight excluding hydrogens is 508 g/mol. The van der Waals surface area contributed by atoms with Gasteiger partial charge in [0.2, 0.25) is 5.91 Å². The number of ether oxygens (including phenoxy) is 2. The third-order valence-electron chi connectivity index (χ3n) is 6.65. The molecule has 0 spiro atoms. The second-order valence-electron chi connectivity index (χ2n) is 9.43. The zero-order chi connectivity index (χ0) is 28.1. The molecule has 9 heteroatoms. The second kappa shape index (κ2) is 11.9. The average Bonchev–Trinajstić information content (AvgIpc) is 3.65. The number of benzene rings is 3. The van der Waals surface area contributed by atoms with Gasteiger partial charge in [0.25, 0.3) is 0 Å². The van der Waals surface area contributed by atoms with E-state index in [4.69, 9.17) is 9.47 Å². The molecule has 5 aromatic rings. The largest absolute Gasteiger partial charge is 0.469 e. The lowest BCUT2D eigenvalue weighted by molar-refractivity contribution is -0.140. The minimum atomic E-state index is -0.914. The van der Waals surface area contributed by atoms with E-state index in [0.29, 0.717) is 41.5 Å². The summed E-state index contributed by atoms with van der Waals surface area (Å²) in [4.78, 5) is 34.0. The van der Waals surface area contributed by atoms with Crippen molar-refractivity contribution in [3.8, 4) is 22.9 Å². The SMILES string of the molecule is COC(=O)CCc1cccc(C(O)c2cnc(-c3cccc(Oc4ccc5[nH]ccc5c4CNC(C)=O)c3)[nH]2)c1. The monoisotopic (exact) mass is 538 g/mol. The number of aromatic amines is 2. The maximum Gasteiger partial charge on any atom is 0.305 e. The van der Waals surface area contributed by atoms with Gasteiger partial charge in [0.1, 0.15) is 23.4 Å². The Morgan fingerprint density at radius 2 is 1.93 bits per heavy atom. The molecule has 0 bridgehead atoms. The number of nitrogens with zero attached hydrogens (tertiary/aromatic N) is 1. The number of imidazole rings is 1. The van der Waals surface area contributed by atoms with Crippen LogP contribution in [0.15, 0.2) is 79.1 Å². The van der Waals surface area contributed by atoms with E-state index in [1.807, 2.05) is 72.9 Å². The van der Waals surface area contributed by atoms with Gasteiger partial charge in [-0.15, -0.1) is 0 Å². The van der Waals surface area contributed by atoms with Crippen LogP contribution in [0.4, 0.5) is 0 Å². The van der Waals surface area contributed by atoms with Crippen molar-refractivity contribution in [1.29, 1.82) is 0 Å². The van der Waals surface area contributed by atoms with E-state index in [0.717, 1.165) is 27.6 Å². The van der Waals surface area contributed by atoms with E-state index >= 15 is 0 Å². The molecule has 1 unspecified atom stereocenters. The van der Waals surface area contributed by atoms with Gasteiger partial charge in [0, 0.05) is 48.1 Å². The number of fused-ring (bicyclic) bond motifs is 1. The number of aryl methyl sites for hydroxylation is 1. The van der Waals surface area contributed by atoms with E-state index in [-0.39, 0.29) is 18.3 Å². The van der Waals surface area contributed by atoms with Crippen LogP contribution >= 0.6 is 0 Å². The number of H-pyrrole nitrogens is 2. The molecule has 0 aliphatic heterocycles. The highest BCUT2D eigenvalue weighted by Crippen LogP contribution is 2.33. The number of aliphatic hydroxyl groups excluding tert-OH is 1. The molecule has 5 rings (SSSR count). The van der Waals surface area contributed by atoms with Crippen molar-refractivity contribution in [2.24, 2.45) is 0 Å². The lowest BCUT2D eigenvalue weighted by atomic mass is 10.0. The highest BCUT2D eigenvalue weighted by molar-refractivity contribution is 5.86. The van der Waals surface area contributed by atoms with Gasteiger partial charge >= 0.3 is 5.97 Å². The highest BCUT2D eigenvalue weighted by atomic mass is 16.5. The van der Waals surface area contributed by atoms with E-state index in [9.17, 15) is 14.7 Å². The summed E-state index contributed by atoms with van der Waals surface area (Å²) in [6.45, 7) is 1.82. The normalized spacial score (nSPS) is 11.8. The number of esters is 1. The number of hydrogen-bond donors (Lipinski definition) is 4. The van der Waals surface area contributed by atoms with E-state index < -0.39 is 6.10 Å². The molecule has 204 valence electrons. The Morgan fingerprint density at radius 3 is 2.75 bits per heavy atom. The Labute approximate surface area is 231 Å². The molecule has 0 saturated carbocycles. The first-order valence-corrected chi connectivity index (χ1v) is 12.9. The zero-order valence-corrected chi connectivity index (χ0v) is 22.2. The minimum absolute atomic E-state index is 0.121. The number of carbonyl (C=O) groups excluding carboxylic acids is 2. The Morgan fingerprint density at radius 1 is 1.07 bits per heavy atom. The number of nitrogens with one attached hydrogen (secondary N) is 3. The molecule has 0 saturated heterocycles. The lowest BCUT2D eigenvalue weighted by Crippen LogP contribution is -2.19. The molecule has 4 N–H and O–H groups in total. The number of aliphatic hydroxyl groups is 1. The number of aromatic nitrogens is 3. The molecule has 0 aliphatic carbocycles. The Kier molecular flexibility index (Phi) is 7.93. The Balaban J connectivity index is 1.35. The third kappa shape index (κ3) is 6.05. The molecular formula is C31H30N4O5. The molecule has 3 aromatic carbocycles. The summed E-state index contributed by atoms with van der Waals surface area (Å²) in [5.41, 5.74) is 4.79. The van der Waals surface area contributed by atoms with Crippen molar-refractivity contribution in [3.63, 3.8) is 0 Å². The van der Waals surface area contributed by atoms with E-state index in [2.05, 4.69) is 20.3 Å². The number of amides is 1. The molecule has 0 radical (unpaired) electrons. The minimum Gasteiger partial charge on any atom is -0.469 e. The summed E-state index contributed by atoms with van der Waals surface area (Å²) in [5.74, 6) is 1.43. The number of hydrogen-bond acceptors (Lipinski definition) is 6. The standard InChI is InChI=1S/C31H30N4O5/c1-19(36)33-17-25-24-13-14-32-26(24)10-11-28(25)40-23-8-4-7-22(16-23)31-34-18-27(35-31)30(38)21-6-3-5-20(15-21)9-12-29(37)39-2/h3-8,10-11,13-16,18,30,32,38H,9,12,17H2,1-2H3,(H,33,36)(H,34,35). The van der Waals surface area contributed by atoms with Gasteiger partial charge in [0.05, 0.1) is 19.0 Å². The number of carbonyl (C=O) groups is 2. The average molecular weight is 539 g/mol. The fourth-order valence-electron chi connectivity index (χ4n) is 4.57. The maximum atomic E-state index is 11.6. The van der Waals surface area contributed by atoms with Gasteiger partial charge in [-0.1, -0.05) is 36.4 Å². The summed E-state index contributed by atoms with van der Waals surface area (Å²) >= 11 is 0. The van der Waals surface area contributed by atoms with Gasteiger partial charge in [0.15, 0.2) is 0 Å². The van der Waals surface area contributed by atoms with Crippen LogP contribution in [0, 0.1) is 0 Å². The van der Waals surface area contributed by atoms with Gasteiger partial charge in [-0.25, -0.2) is 4.98 Å². The zero-order valence-electron chi connectivity index (χ0n) is 22.2. The summed E-state index contributed by atoms with van der Waals surface area (Å²) in [7, 11) is 1.37. The summed E-state index contributed by atoms with van der Waals surface area (Å²) in [6, 6.07) is 20.8. The predicted octanol–water partition coefficient (Wildman–Crippen LogP) is 5.17. The topological polar surface area (TPSA) is 129 Å². The summed E-state index contributed by atoms with van der Waals surface area (Å²) in [6.07, 6.45) is 3.35. The van der Waals surface area contributed by atoms with Crippen LogP contribution in [0.5, 0.6) is 11.5 Å². The molecule has 40 heavy (non-hydrogen) atoms. The molecule has 1 atom stereocenters. The maximum absolute atomic E-state index is 11.6. The van der Waals surface area contributed by atoms with Gasteiger partial charge < -0.3 is 29.9 Å². The Bertz CT molecular complexity index is 1650. The highest BCUT2D eigenvalue weighted by Gasteiger charge is 2.16. The predicted molar refractivity (Wildman–Crippen MR) is 151 cm³/mol. The molecule has 2 heterocycles. The third-order valence-corrected chi connectivity index (χ3v) is 6.65. The van der Waals surface area contributed by atoms with Gasteiger partial charge in [-0.2, -0.15) is 0 Å². The van der Waals surface area contributed by atoms with Crippen LogP contribution in [0.2, 0.25) is 0 Å². The first kappa shape index (κ1) is 26.7. The number of rotatable bonds is 10. The summed E-state index contributed by atoms with van der Waals surface area (Å²) < 4.78 is 11.0. The van der Waals surface area contributed by atoms with Gasteiger partial charge in [-0.3, -0.25) is 9.59 Å². The second-order valence-corrected chi connectivity index (χ2v) is 9.43. The molecule has 1 amide bonds. The summed E-state index contributed by atoms with van der Waals surface area (Å²) in [5, 5.41) is 14.9. The number of methoxy groups -OCH3 is 1. The molecule has 2 aromatic heterocycles. The Hall–Kier alpha value is -4.89. The van der Waals surface area contributed by atoms with Crippen LogP contribution in [0.25, 0.3) is 22.3 Å². The quantitative estimate of drug-likeness (QED) is 0.182. The van der Waals surface area contributed by atoms with Crippen molar-refractivity contribution in [3.05, 3.63) is 102 Å². The smallest absolute Gasteiger partial charge is 0.305 e. The first-order chi connectivity index (χ1) is 19.4. The first-order valence-electron chi connectivity index (χ1n) is 12.9. The van der Waals surface area contributed by atoms with Crippen molar-refractivity contribution >= 4 is 22.8 Å². The van der Waals surface area contributed by atoms with Crippen molar-refractivity contribution in [2.75, 3.05) is 7.11 Å². The molecule has 0 fully saturated rings. The van der Waals surface area contributed by atoms with Gasteiger partial charge in [-0.05, 0) is 47.9 Å². The van der Waals surface area contributed by atoms with Crippen molar-refractivity contribution < 1.29 is 24.2 Å². The molecule has 0 aliphatic rings. The van der Waals surface area contributed by atoms with Crippen LogP contribution in [0.1, 0.15) is 41.8 Å². The van der Waals surface area contributed by atoms with Crippen LogP contribution in [-0.2, 0) is 27.3 Å². The molecule has 9 nitrogen and oxygen atoms in total. The van der Waals surface area contributed by atoms with Crippen LogP contribution in [0.3, 0.4) is 0 Å².